The van der Waals surface area contributed by atoms with Crippen LogP contribution in [0.1, 0.15) is 47.8 Å². The number of methoxy groups -OCH3 is 1. The Morgan fingerprint density at radius 2 is 2.04 bits per heavy atom. The van der Waals surface area contributed by atoms with Crippen LogP contribution in [0.15, 0.2) is 36.5 Å². The van der Waals surface area contributed by atoms with E-state index in [1.54, 1.807) is 13.3 Å². The maximum atomic E-state index is 12.1. The van der Waals surface area contributed by atoms with E-state index in [1.807, 2.05) is 22.9 Å². The molecule has 0 bridgehead atoms. The monoisotopic (exact) mass is 381 g/mol. The molecular weight excluding hydrogens is 354 g/mol. The summed E-state index contributed by atoms with van der Waals surface area (Å²) in [6, 6.07) is 8.68. The zero-order chi connectivity index (χ0) is 19.3. The highest BCUT2D eigenvalue weighted by Gasteiger charge is 2.26. The van der Waals surface area contributed by atoms with E-state index in [-0.39, 0.29) is 5.91 Å². The number of likely N-dealkylation sites (tertiary alicyclic amines) is 1. The SMILES string of the molecule is COc1ccccc1C=CCN1CCC(n2cc(C(=O)NC3CC3)nn2)CC1. The van der Waals surface area contributed by atoms with Crippen molar-refractivity contribution >= 4 is 12.0 Å². The maximum Gasteiger partial charge on any atom is 0.273 e. The Morgan fingerprint density at radius 1 is 1.25 bits per heavy atom. The van der Waals surface area contributed by atoms with Crippen LogP contribution in [0, 0.1) is 0 Å². The number of amides is 1. The van der Waals surface area contributed by atoms with Gasteiger partial charge in [0.15, 0.2) is 5.69 Å². The predicted molar refractivity (Wildman–Crippen MR) is 107 cm³/mol. The van der Waals surface area contributed by atoms with Gasteiger partial charge in [-0.05, 0) is 31.7 Å². The average Bonchev–Trinajstić information content (AvgIpc) is 3.40. The van der Waals surface area contributed by atoms with Gasteiger partial charge in [-0.25, -0.2) is 4.68 Å². The Balaban J connectivity index is 1.26. The van der Waals surface area contributed by atoms with Gasteiger partial charge < -0.3 is 10.1 Å². The minimum Gasteiger partial charge on any atom is -0.496 e. The minimum absolute atomic E-state index is 0.104. The van der Waals surface area contributed by atoms with Crippen molar-refractivity contribution in [2.45, 2.75) is 37.8 Å². The summed E-state index contributed by atoms with van der Waals surface area (Å²) in [7, 11) is 1.70. The number of rotatable bonds is 7. The first-order chi connectivity index (χ1) is 13.7. The van der Waals surface area contributed by atoms with Crippen LogP contribution in [0.25, 0.3) is 6.08 Å². The lowest BCUT2D eigenvalue weighted by Crippen LogP contribution is -2.34. The van der Waals surface area contributed by atoms with Gasteiger partial charge in [0.1, 0.15) is 5.75 Å². The Kier molecular flexibility index (Phi) is 5.71. The Labute approximate surface area is 165 Å². The van der Waals surface area contributed by atoms with Crippen molar-refractivity contribution in [1.29, 1.82) is 0 Å². The van der Waals surface area contributed by atoms with Gasteiger partial charge in [-0.3, -0.25) is 9.69 Å². The van der Waals surface area contributed by atoms with Crippen LogP contribution in [0.5, 0.6) is 5.75 Å². The topological polar surface area (TPSA) is 72.3 Å². The summed E-state index contributed by atoms with van der Waals surface area (Å²) in [4.78, 5) is 14.5. The van der Waals surface area contributed by atoms with E-state index in [0.717, 1.165) is 56.6 Å². The molecule has 2 aliphatic rings. The second-order valence-corrected chi connectivity index (χ2v) is 7.51. The number of para-hydroxylation sites is 1. The van der Waals surface area contributed by atoms with Crippen molar-refractivity contribution in [2.75, 3.05) is 26.7 Å². The summed E-state index contributed by atoms with van der Waals surface area (Å²) in [6.45, 7) is 2.92. The first kappa shape index (κ1) is 18.7. The fraction of sp³-hybridized carbons (Fsp3) is 0.476. The fourth-order valence-electron chi connectivity index (χ4n) is 3.55. The Bertz CT molecular complexity index is 835. The number of carbonyl (C=O) groups is 1. The summed E-state index contributed by atoms with van der Waals surface area (Å²) in [5.41, 5.74) is 1.52. The van der Waals surface area contributed by atoms with Crippen LogP contribution < -0.4 is 10.1 Å². The number of nitrogens with zero attached hydrogens (tertiary/aromatic N) is 4. The zero-order valence-corrected chi connectivity index (χ0v) is 16.3. The molecule has 7 heteroatoms. The number of hydrogen-bond acceptors (Lipinski definition) is 5. The molecule has 1 aromatic carbocycles. The van der Waals surface area contributed by atoms with E-state index >= 15 is 0 Å². The van der Waals surface area contributed by atoms with Crippen LogP contribution in [-0.4, -0.2) is 58.6 Å². The van der Waals surface area contributed by atoms with Gasteiger partial charge in [-0.15, -0.1) is 5.10 Å². The number of ether oxygens (including phenoxy) is 1. The third-order valence-corrected chi connectivity index (χ3v) is 5.39. The minimum atomic E-state index is -0.104. The molecule has 28 heavy (non-hydrogen) atoms. The lowest BCUT2D eigenvalue weighted by molar-refractivity contribution is 0.0946. The van der Waals surface area contributed by atoms with Crippen LogP contribution in [0.4, 0.5) is 0 Å². The maximum absolute atomic E-state index is 12.1. The molecule has 1 N–H and O–H groups in total. The van der Waals surface area contributed by atoms with Crippen molar-refractivity contribution in [2.24, 2.45) is 0 Å². The number of piperidine rings is 1. The summed E-state index contributed by atoms with van der Waals surface area (Å²) < 4.78 is 7.25. The third kappa shape index (κ3) is 4.59. The molecule has 1 saturated heterocycles. The highest BCUT2D eigenvalue weighted by Crippen LogP contribution is 2.23. The van der Waals surface area contributed by atoms with Crippen molar-refractivity contribution in [3.63, 3.8) is 0 Å². The normalized spacial score (nSPS) is 18.5. The largest absolute Gasteiger partial charge is 0.496 e. The average molecular weight is 381 g/mol. The molecule has 7 nitrogen and oxygen atoms in total. The Morgan fingerprint density at radius 3 is 2.79 bits per heavy atom. The van der Waals surface area contributed by atoms with E-state index < -0.39 is 0 Å². The smallest absolute Gasteiger partial charge is 0.273 e. The molecule has 1 aliphatic carbocycles. The van der Waals surface area contributed by atoms with Crippen molar-refractivity contribution in [3.05, 3.63) is 47.8 Å². The third-order valence-electron chi connectivity index (χ3n) is 5.39. The molecule has 4 rings (SSSR count). The second-order valence-electron chi connectivity index (χ2n) is 7.51. The molecule has 0 unspecified atom stereocenters. The standard InChI is InChI=1S/C21H27N5O2/c1-28-20-7-3-2-5-16(20)6-4-12-25-13-10-18(11-14-25)26-15-19(23-24-26)21(27)22-17-8-9-17/h2-7,15,17-18H,8-14H2,1H3,(H,22,27). The number of nitrogens with one attached hydrogen (secondary N) is 1. The van der Waals surface area contributed by atoms with Crippen molar-refractivity contribution in [1.82, 2.24) is 25.2 Å². The molecule has 2 fully saturated rings. The van der Waals surface area contributed by atoms with E-state index in [0.29, 0.717) is 17.8 Å². The lowest BCUT2D eigenvalue weighted by atomic mass is 10.1. The van der Waals surface area contributed by atoms with Gasteiger partial charge in [-0.1, -0.05) is 35.6 Å². The molecule has 0 spiro atoms. The van der Waals surface area contributed by atoms with Gasteiger partial charge >= 0.3 is 0 Å². The zero-order valence-electron chi connectivity index (χ0n) is 16.3. The van der Waals surface area contributed by atoms with E-state index in [2.05, 4.69) is 38.7 Å². The number of hydrogen-bond donors (Lipinski definition) is 1. The molecule has 0 radical (unpaired) electrons. The van der Waals surface area contributed by atoms with E-state index in [9.17, 15) is 4.79 Å². The van der Waals surface area contributed by atoms with Gasteiger partial charge in [-0.2, -0.15) is 0 Å². The molecule has 0 atom stereocenters. The first-order valence-electron chi connectivity index (χ1n) is 9.97. The fourth-order valence-corrected chi connectivity index (χ4v) is 3.55. The summed E-state index contributed by atoms with van der Waals surface area (Å²) in [5.74, 6) is 0.790. The molecule has 2 aromatic rings. The van der Waals surface area contributed by atoms with Crippen LogP contribution in [0.3, 0.4) is 0 Å². The summed E-state index contributed by atoms with van der Waals surface area (Å²) in [5, 5.41) is 11.2. The second kappa shape index (κ2) is 8.56. The highest BCUT2D eigenvalue weighted by molar-refractivity contribution is 5.92. The van der Waals surface area contributed by atoms with Gasteiger partial charge in [0.05, 0.1) is 19.3 Å². The van der Waals surface area contributed by atoms with Gasteiger partial charge in [0, 0.05) is 31.2 Å². The van der Waals surface area contributed by atoms with Crippen LogP contribution >= 0.6 is 0 Å². The molecule has 1 saturated carbocycles. The molecule has 1 aliphatic heterocycles. The Hall–Kier alpha value is -2.67. The van der Waals surface area contributed by atoms with Gasteiger partial charge in [0.2, 0.25) is 0 Å². The quantitative estimate of drug-likeness (QED) is 0.798. The van der Waals surface area contributed by atoms with Crippen molar-refractivity contribution in [3.8, 4) is 5.75 Å². The van der Waals surface area contributed by atoms with Crippen LogP contribution in [-0.2, 0) is 0 Å². The molecular formula is C21H27N5O2. The summed E-state index contributed by atoms with van der Waals surface area (Å²) in [6.07, 6.45) is 10.3. The van der Waals surface area contributed by atoms with Crippen molar-refractivity contribution < 1.29 is 9.53 Å². The number of aromatic nitrogens is 3. The molecule has 2 heterocycles. The first-order valence-corrected chi connectivity index (χ1v) is 9.97. The van der Waals surface area contributed by atoms with Gasteiger partial charge in [0.25, 0.3) is 5.91 Å². The highest BCUT2D eigenvalue weighted by atomic mass is 16.5. The molecule has 148 valence electrons. The molecule has 1 amide bonds. The number of benzene rings is 1. The van der Waals surface area contributed by atoms with E-state index in [1.165, 1.54) is 0 Å². The summed E-state index contributed by atoms with van der Waals surface area (Å²) >= 11 is 0. The molecule has 1 aromatic heterocycles. The van der Waals surface area contributed by atoms with Crippen LogP contribution in [0.2, 0.25) is 0 Å². The van der Waals surface area contributed by atoms with E-state index in [4.69, 9.17) is 4.74 Å². The predicted octanol–water partition coefficient (Wildman–Crippen LogP) is 2.53. The lowest BCUT2D eigenvalue weighted by Gasteiger charge is -2.30. The number of carbonyl (C=O) groups excluding carboxylic acids is 1.